The van der Waals surface area contributed by atoms with Gasteiger partial charge in [0.25, 0.3) is 0 Å². The van der Waals surface area contributed by atoms with E-state index in [4.69, 9.17) is 19.2 Å². The van der Waals surface area contributed by atoms with Crippen molar-refractivity contribution in [3.05, 3.63) is 82.4 Å². The molecule has 2 fully saturated rings. The first-order chi connectivity index (χ1) is 23.2. The molecule has 3 aromatic rings. The van der Waals surface area contributed by atoms with Crippen LogP contribution in [0.15, 0.2) is 48.5 Å². The van der Waals surface area contributed by atoms with Crippen molar-refractivity contribution >= 4 is 11.7 Å². The van der Waals surface area contributed by atoms with Crippen LogP contribution in [-0.4, -0.2) is 60.4 Å². The third kappa shape index (κ3) is 9.68. The van der Waals surface area contributed by atoms with Gasteiger partial charge in [-0.1, -0.05) is 50.2 Å². The number of nitrogens with zero attached hydrogens (tertiary/aromatic N) is 3. The van der Waals surface area contributed by atoms with Crippen molar-refractivity contribution in [3.8, 4) is 11.1 Å². The Morgan fingerprint density at radius 1 is 1.02 bits per heavy atom. The highest BCUT2D eigenvalue weighted by Gasteiger charge is 2.37. The molecule has 49 heavy (non-hydrogen) atoms. The predicted molar refractivity (Wildman–Crippen MR) is 194 cm³/mol. The molecule has 8 heteroatoms. The Morgan fingerprint density at radius 3 is 2.18 bits per heavy atom. The highest BCUT2D eigenvalue weighted by atomic mass is 19.1. The fourth-order valence-corrected chi connectivity index (χ4v) is 7.11. The van der Waals surface area contributed by atoms with Gasteiger partial charge in [0.2, 0.25) is 0 Å². The molecule has 2 atom stereocenters. The van der Waals surface area contributed by atoms with Crippen molar-refractivity contribution in [3.63, 3.8) is 0 Å². The van der Waals surface area contributed by atoms with Crippen LogP contribution in [0.5, 0.6) is 0 Å². The van der Waals surface area contributed by atoms with E-state index in [0.29, 0.717) is 6.54 Å². The molecule has 0 radical (unpaired) electrons. The first-order valence-corrected chi connectivity index (χ1v) is 18.0. The molecule has 5 rings (SSSR count). The van der Waals surface area contributed by atoms with Crippen LogP contribution in [0.4, 0.5) is 10.1 Å². The van der Waals surface area contributed by atoms with E-state index in [-0.39, 0.29) is 23.9 Å². The molecule has 0 aliphatic carbocycles. The lowest BCUT2D eigenvalue weighted by molar-refractivity contribution is -0.166. The molecule has 2 aromatic carbocycles. The van der Waals surface area contributed by atoms with Gasteiger partial charge < -0.3 is 19.1 Å². The summed E-state index contributed by atoms with van der Waals surface area (Å²) in [5, 5.41) is 0. The number of esters is 1. The van der Waals surface area contributed by atoms with Gasteiger partial charge in [-0.15, -0.1) is 0 Å². The maximum absolute atomic E-state index is 13.7. The number of ether oxygens (including phenoxy) is 3. The van der Waals surface area contributed by atoms with Gasteiger partial charge in [-0.05, 0) is 101 Å². The lowest BCUT2D eigenvalue weighted by Crippen LogP contribution is -2.39. The zero-order chi connectivity index (χ0) is 35.3. The van der Waals surface area contributed by atoms with Crippen LogP contribution in [0.1, 0.15) is 101 Å². The molecule has 7 nitrogen and oxygen atoms in total. The molecular weight excluding hydrogens is 617 g/mol. The van der Waals surface area contributed by atoms with Gasteiger partial charge in [0.1, 0.15) is 5.82 Å². The average molecular weight is 674 g/mol. The van der Waals surface area contributed by atoms with Crippen LogP contribution in [0, 0.1) is 25.1 Å². The first kappa shape index (κ1) is 36.9. The third-order valence-corrected chi connectivity index (χ3v) is 9.70. The summed E-state index contributed by atoms with van der Waals surface area (Å²) in [6.07, 6.45) is 3.54. The van der Waals surface area contributed by atoms with Gasteiger partial charge in [-0.3, -0.25) is 9.88 Å². The lowest BCUT2D eigenvalue weighted by Gasteiger charge is -2.41. The maximum Gasteiger partial charge on any atom is 0.340 e. The molecule has 266 valence electrons. The number of halogens is 1. The van der Waals surface area contributed by atoms with E-state index in [1.807, 2.05) is 46.8 Å². The summed E-state index contributed by atoms with van der Waals surface area (Å²) in [7, 11) is 0. The molecule has 2 saturated heterocycles. The number of aryl methyl sites for hydroxylation is 2. The predicted octanol–water partition coefficient (Wildman–Crippen LogP) is 8.73. The normalized spacial score (nSPS) is 18.6. The summed E-state index contributed by atoms with van der Waals surface area (Å²) < 4.78 is 31.8. The van der Waals surface area contributed by atoms with Crippen LogP contribution in [-0.2, 0) is 32.1 Å². The van der Waals surface area contributed by atoms with Gasteiger partial charge in [0.05, 0.1) is 24.0 Å². The number of benzene rings is 2. The first-order valence-electron chi connectivity index (χ1n) is 18.0. The van der Waals surface area contributed by atoms with E-state index in [9.17, 15) is 9.18 Å². The summed E-state index contributed by atoms with van der Waals surface area (Å²) in [5.41, 5.74) is 7.53. The Bertz CT molecular complexity index is 1550. The molecule has 1 unspecified atom stereocenters. The Morgan fingerprint density at radius 2 is 1.63 bits per heavy atom. The van der Waals surface area contributed by atoms with Gasteiger partial charge in [-0.25, -0.2) is 9.18 Å². The zero-order valence-electron chi connectivity index (χ0n) is 30.9. The van der Waals surface area contributed by atoms with Gasteiger partial charge in [0.15, 0.2) is 6.10 Å². The fraction of sp³-hybridized carbons (Fsp3) is 0.561. The molecule has 3 heterocycles. The smallest absolute Gasteiger partial charge is 0.340 e. The molecule has 1 aromatic heterocycles. The Kier molecular flexibility index (Phi) is 11.8. The average Bonchev–Trinajstić information content (AvgIpc) is 3.54. The van der Waals surface area contributed by atoms with E-state index in [1.165, 1.54) is 17.7 Å². The molecule has 0 bridgehead atoms. The SMILES string of the molecule is CCOC(=O)[C@@H](OC(C)(C)C)c1c(C)nc(C)c(-c2ccc(CN(Cc3ccc(F)cc3)CC3CCCO3)cc2)c1N1CCC(C)(C)CC1. The number of piperidine rings is 1. The molecule has 0 N–H and O–H groups in total. The second-order valence-corrected chi connectivity index (χ2v) is 15.6. The number of carbonyl (C=O) groups is 1. The fourth-order valence-electron chi connectivity index (χ4n) is 7.11. The lowest BCUT2D eigenvalue weighted by atomic mass is 9.81. The Hall–Kier alpha value is -3.33. The van der Waals surface area contributed by atoms with E-state index in [0.717, 1.165) is 97.8 Å². The summed E-state index contributed by atoms with van der Waals surface area (Å²) in [6, 6.07) is 15.5. The molecule has 2 aliphatic rings. The molecule has 2 aliphatic heterocycles. The number of aromatic nitrogens is 1. The van der Waals surface area contributed by atoms with Crippen molar-refractivity contribution in [1.82, 2.24) is 9.88 Å². The van der Waals surface area contributed by atoms with Crippen LogP contribution in [0.3, 0.4) is 0 Å². The second kappa shape index (κ2) is 15.7. The van der Waals surface area contributed by atoms with Crippen molar-refractivity contribution in [2.24, 2.45) is 5.41 Å². The zero-order valence-corrected chi connectivity index (χ0v) is 30.9. The summed E-state index contributed by atoms with van der Waals surface area (Å²) in [6.45, 7) is 21.5. The number of rotatable bonds is 12. The van der Waals surface area contributed by atoms with Crippen LogP contribution in [0.2, 0.25) is 0 Å². The monoisotopic (exact) mass is 673 g/mol. The molecule has 0 amide bonds. The number of pyridine rings is 1. The standard InChI is InChI=1S/C41H56FN3O4/c1-9-47-39(46)38(49-40(4,5)6)36-29(3)43-28(2)35(37(36)45-22-20-41(7,8)21-23-45)32-16-12-30(13-17-32)25-44(27-34-11-10-24-48-34)26-31-14-18-33(42)19-15-31/h12-19,34,38H,9-11,20-27H2,1-8H3/t34?,38-/m0/s1. The van der Waals surface area contributed by atoms with Crippen molar-refractivity contribution in [2.75, 3.05) is 37.7 Å². The second-order valence-electron chi connectivity index (χ2n) is 15.6. The minimum atomic E-state index is -0.908. The van der Waals surface area contributed by atoms with Gasteiger partial charge >= 0.3 is 5.97 Å². The minimum Gasteiger partial charge on any atom is -0.464 e. The quantitative estimate of drug-likeness (QED) is 0.178. The van der Waals surface area contributed by atoms with E-state index >= 15 is 0 Å². The minimum absolute atomic E-state index is 0.208. The van der Waals surface area contributed by atoms with Crippen molar-refractivity contribution in [1.29, 1.82) is 0 Å². The molecule has 0 saturated carbocycles. The Labute approximate surface area is 293 Å². The summed E-state index contributed by atoms with van der Waals surface area (Å²) in [5.74, 6) is -0.612. The number of anilines is 1. The number of hydrogen-bond acceptors (Lipinski definition) is 7. The highest BCUT2D eigenvalue weighted by molar-refractivity contribution is 5.88. The third-order valence-electron chi connectivity index (χ3n) is 9.70. The summed E-state index contributed by atoms with van der Waals surface area (Å²) >= 11 is 0. The van der Waals surface area contributed by atoms with Crippen LogP contribution >= 0.6 is 0 Å². The maximum atomic E-state index is 13.7. The van der Waals surface area contributed by atoms with Crippen LogP contribution < -0.4 is 4.90 Å². The topological polar surface area (TPSA) is 64.1 Å². The molecular formula is C41H56FN3O4. The number of hydrogen-bond donors (Lipinski definition) is 0. The van der Waals surface area contributed by atoms with Gasteiger partial charge in [-0.2, -0.15) is 0 Å². The Balaban J connectivity index is 1.53. The number of carbonyl (C=O) groups excluding carboxylic acids is 1. The van der Waals surface area contributed by atoms with Crippen LogP contribution in [0.25, 0.3) is 11.1 Å². The summed E-state index contributed by atoms with van der Waals surface area (Å²) in [4.78, 5) is 23.5. The molecule has 0 spiro atoms. The highest BCUT2D eigenvalue weighted by Crippen LogP contribution is 2.45. The van der Waals surface area contributed by atoms with Gasteiger partial charge in [0, 0.05) is 61.8 Å². The largest absolute Gasteiger partial charge is 0.464 e. The van der Waals surface area contributed by atoms with E-state index in [2.05, 4.69) is 54.8 Å². The van der Waals surface area contributed by atoms with Crippen molar-refractivity contribution in [2.45, 2.75) is 112 Å². The van der Waals surface area contributed by atoms with E-state index in [1.54, 1.807) is 0 Å². The van der Waals surface area contributed by atoms with E-state index < -0.39 is 17.7 Å². The van der Waals surface area contributed by atoms with Crippen molar-refractivity contribution < 1.29 is 23.4 Å².